The number of rotatable bonds is 2. The summed E-state index contributed by atoms with van der Waals surface area (Å²) in [7, 11) is 0. The Labute approximate surface area is 94.7 Å². The first-order chi connectivity index (χ1) is 7.59. The number of carboxylic acid groups (broad SMARTS) is 1. The van der Waals surface area contributed by atoms with Gasteiger partial charge in [-0.1, -0.05) is 12.8 Å². The van der Waals surface area contributed by atoms with Gasteiger partial charge in [-0.15, -0.1) is 0 Å². The quantitative estimate of drug-likeness (QED) is 0.611. The van der Waals surface area contributed by atoms with E-state index in [0.717, 1.165) is 25.7 Å². The lowest BCUT2D eigenvalue weighted by Crippen LogP contribution is -2.50. The first kappa shape index (κ1) is 11.8. The Morgan fingerprint density at radius 1 is 1.19 bits per heavy atom. The normalized spacial score (nSPS) is 41.1. The van der Waals surface area contributed by atoms with Gasteiger partial charge in [0.2, 0.25) is 0 Å². The fourth-order valence-electron chi connectivity index (χ4n) is 2.93. The third-order valence-electron chi connectivity index (χ3n) is 3.72. The summed E-state index contributed by atoms with van der Waals surface area (Å²) in [6.45, 7) is 0.374. The van der Waals surface area contributed by atoms with Crippen molar-refractivity contribution in [3.63, 3.8) is 0 Å². The largest absolute Gasteiger partial charge is 0.480 e. The highest BCUT2D eigenvalue weighted by atomic mass is 16.4. The standard InChI is InChI=1S/C11H19NO4/c13-7-5-9(11(15)16)12(6-7)8-3-1-2-4-10(8)14/h7-10,13-14H,1-6H2,(H,15,16). The molecular weight excluding hydrogens is 210 g/mol. The molecule has 4 unspecified atom stereocenters. The van der Waals surface area contributed by atoms with Crippen LogP contribution in [-0.4, -0.2) is 57.0 Å². The summed E-state index contributed by atoms with van der Waals surface area (Å²) < 4.78 is 0. The van der Waals surface area contributed by atoms with Crippen molar-refractivity contribution in [2.24, 2.45) is 0 Å². The van der Waals surface area contributed by atoms with Crippen molar-refractivity contribution in [2.45, 2.75) is 56.4 Å². The van der Waals surface area contributed by atoms with Crippen LogP contribution in [0.15, 0.2) is 0 Å². The fourth-order valence-corrected chi connectivity index (χ4v) is 2.93. The Bertz CT molecular complexity index is 271. The van der Waals surface area contributed by atoms with Gasteiger partial charge in [0.25, 0.3) is 0 Å². The smallest absolute Gasteiger partial charge is 0.321 e. The summed E-state index contributed by atoms with van der Waals surface area (Å²) in [5.74, 6) is -0.894. The van der Waals surface area contributed by atoms with Crippen LogP contribution in [0, 0.1) is 0 Å². The van der Waals surface area contributed by atoms with Gasteiger partial charge < -0.3 is 15.3 Å². The molecule has 2 rings (SSSR count). The van der Waals surface area contributed by atoms with Crippen molar-refractivity contribution in [1.29, 1.82) is 0 Å². The van der Waals surface area contributed by atoms with Crippen LogP contribution in [0.5, 0.6) is 0 Å². The molecule has 1 aliphatic carbocycles. The van der Waals surface area contributed by atoms with Crippen molar-refractivity contribution < 1.29 is 20.1 Å². The number of aliphatic carboxylic acids is 1. The number of likely N-dealkylation sites (tertiary alicyclic amines) is 1. The molecule has 1 heterocycles. The van der Waals surface area contributed by atoms with Crippen molar-refractivity contribution >= 4 is 5.97 Å². The molecule has 0 aromatic rings. The van der Waals surface area contributed by atoms with E-state index in [4.69, 9.17) is 5.11 Å². The van der Waals surface area contributed by atoms with E-state index in [9.17, 15) is 15.0 Å². The predicted molar refractivity (Wildman–Crippen MR) is 57.0 cm³/mol. The second-order valence-electron chi connectivity index (χ2n) is 4.86. The van der Waals surface area contributed by atoms with E-state index in [1.807, 2.05) is 0 Å². The Morgan fingerprint density at radius 3 is 2.50 bits per heavy atom. The van der Waals surface area contributed by atoms with Crippen LogP contribution in [0.1, 0.15) is 32.1 Å². The van der Waals surface area contributed by atoms with Crippen LogP contribution in [0.2, 0.25) is 0 Å². The molecule has 1 saturated carbocycles. The number of hydrogen-bond acceptors (Lipinski definition) is 4. The highest BCUT2D eigenvalue weighted by Gasteiger charge is 2.42. The molecule has 5 heteroatoms. The highest BCUT2D eigenvalue weighted by molar-refractivity contribution is 5.74. The van der Waals surface area contributed by atoms with Gasteiger partial charge in [-0.25, -0.2) is 0 Å². The zero-order chi connectivity index (χ0) is 11.7. The van der Waals surface area contributed by atoms with E-state index >= 15 is 0 Å². The fraction of sp³-hybridized carbons (Fsp3) is 0.909. The number of carboxylic acids is 1. The molecular formula is C11H19NO4. The monoisotopic (exact) mass is 229 g/mol. The van der Waals surface area contributed by atoms with Crippen LogP contribution in [-0.2, 0) is 4.79 Å². The zero-order valence-electron chi connectivity index (χ0n) is 9.25. The predicted octanol–water partition coefficient (Wildman–Crippen LogP) is -0.190. The van der Waals surface area contributed by atoms with Crippen molar-refractivity contribution in [1.82, 2.24) is 4.90 Å². The molecule has 0 spiro atoms. The van der Waals surface area contributed by atoms with E-state index in [0.29, 0.717) is 6.54 Å². The van der Waals surface area contributed by atoms with Crippen LogP contribution in [0.25, 0.3) is 0 Å². The van der Waals surface area contributed by atoms with Crippen LogP contribution < -0.4 is 0 Å². The number of aliphatic hydroxyl groups is 2. The molecule has 92 valence electrons. The molecule has 0 bridgehead atoms. The lowest BCUT2D eigenvalue weighted by Gasteiger charge is -2.37. The first-order valence-electron chi connectivity index (χ1n) is 5.94. The summed E-state index contributed by atoms with van der Waals surface area (Å²) in [5.41, 5.74) is 0. The second-order valence-corrected chi connectivity index (χ2v) is 4.86. The highest BCUT2D eigenvalue weighted by Crippen LogP contribution is 2.29. The summed E-state index contributed by atoms with van der Waals surface area (Å²) in [5, 5.41) is 28.5. The Balaban J connectivity index is 2.08. The molecule has 0 aromatic carbocycles. The van der Waals surface area contributed by atoms with Crippen LogP contribution in [0.3, 0.4) is 0 Å². The minimum absolute atomic E-state index is 0.0907. The lowest BCUT2D eigenvalue weighted by molar-refractivity contribution is -0.144. The maximum atomic E-state index is 11.1. The topological polar surface area (TPSA) is 81.0 Å². The minimum atomic E-state index is -0.894. The van der Waals surface area contributed by atoms with E-state index in [1.54, 1.807) is 4.90 Å². The summed E-state index contributed by atoms with van der Waals surface area (Å²) in [4.78, 5) is 12.8. The molecule has 16 heavy (non-hydrogen) atoms. The van der Waals surface area contributed by atoms with Gasteiger partial charge in [-0.2, -0.15) is 0 Å². The second kappa shape index (κ2) is 4.69. The molecule has 2 fully saturated rings. The van der Waals surface area contributed by atoms with E-state index < -0.39 is 24.2 Å². The van der Waals surface area contributed by atoms with Gasteiger partial charge in [0, 0.05) is 19.0 Å². The zero-order valence-corrected chi connectivity index (χ0v) is 9.25. The third-order valence-corrected chi connectivity index (χ3v) is 3.72. The molecule has 5 nitrogen and oxygen atoms in total. The van der Waals surface area contributed by atoms with Gasteiger partial charge in [0.05, 0.1) is 12.2 Å². The van der Waals surface area contributed by atoms with Gasteiger partial charge in [-0.3, -0.25) is 9.69 Å². The Hall–Kier alpha value is -0.650. The van der Waals surface area contributed by atoms with Gasteiger partial charge in [-0.05, 0) is 12.8 Å². The number of hydrogen-bond donors (Lipinski definition) is 3. The van der Waals surface area contributed by atoms with Gasteiger partial charge in [0.1, 0.15) is 6.04 Å². The van der Waals surface area contributed by atoms with E-state index in [-0.39, 0.29) is 12.5 Å². The minimum Gasteiger partial charge on any atom is -0.480 e. The molecule has 1 saturated heterocycles. The van der Waals surface area contributed by atoms with Crippen molar-refractivity contribution in [2.75, 3.05) is 6.54 Å². The van der Waals surface area contributed by atoms with E-state index in [2.05, 4.69) is 0 Å². The van der Waals surface area contributed by atoms with E-state index in [1.165, 1.54) is 0 Å². The van der Waals surface area contributed by atoms with Gasteiger partial charge >= 0.3 is 5.97 Å². The number of nitrogens with zero attached hydrogens (tertiary/aromatic N) is 1. The molecule has 4 atom stereocenters. The summed E-state index contributed by atoms with van der Waals surface area (Å²) >= 11 is 0. The Kier molecular flexibility index (Phi) is 3.47. The number of aliphatic hydroxyl groups excluding tert-OH is 2. The summed E-state index contributed by atoms with van der Waals surface area (Å²) in [6, 6.07) is -0.722. The molecule has 2 aliphatic rings. The average Bonchev–Trinajstić information content (AvgIpc) is 2.61. The molecule has 0 amide bonds. The van der Waals surface area contributed by atoms with Crippen LogP contribution >= 0.6 is 0 Å². The maximum Gasteiger partial charge on any atom is 0.321 e. The average molecular weight is 229 g/mol. The lowest BCUT2D eigenvalue weighted by atomic mass is 9.91. The van der Waals surface area contributed by atoms with Crippen LogP contribution in [0.4, 0.5) is 0 Å². The molecule has 3 N–H and O–H groups in total. The van der Waals surface area contributed by atoms with Crippen molar-refractivity contribution in [3.05, 3.63) is 0 Å². The molecule has 0 aromatic heterocycles. The molecule has 0 radical (unpaired) electrons. The van der Waals surface area contributed by atoms with Crippen molar-refractivity contribution in [3.8, 4) is 0 Å². The number of β-amino-alcohol motifs (C(OH)–C–C–N with tert-alkyl or cyclic N) is 1. The van der Waals surface area contributed by atoms with Gasteiger partial charge in [0.15, 0.2) is 0 Å². The Morgan fingerprint density at radius 2 is 1.88 bits per heavy atom. The summed E-state index contributed by atoms with van der Waals surface area (Å²) in [6.07, 6.45) is 2.86. The third kappa shape index (κ3) is 2.21. The molecule has 1 aliphatic heterocycles. The first-order valence-corrected chi connectivity index (χ1v) is 5.94. The SMILES string of the molecule is O=C(O)C1CC(O)CN1C1CCCCC1O. The number of carbonyl (C=O) groups is 1. The maximum absolute atomic E-state index is 11.1.